The molecule has 62 valence electrons. The Morgan fingerprint density at radius 3 is 2.91 bits per heavy atom. The summed E-state index contributed by atoms with van der Waals surface area (Å²) in [5.41, 5.74) is 12.9. The van der Waals surface area contributed by atoms with Crippen molar-refractivity contribution in [3.63, 3.8) is 0 Å². The average Bonchev–Trinajstić information content (AvgIpc) is 1.85. The van der Waals surface area contributed by atoms with Crippen LogP contribution in [0.5, 0.6) is 0 Å². The molecule has 1 rings (SSSR count). The van der Waals surface area contributed by atoms with Crippen molar-refractivity contribution in [3.05, 3.63) is 23.5 Å². The molecule has 0 saturated carbocycles. The number of hydrogen-bond donors (Lipinski definition) is 3. The molecule has 3 nitrogen and oxygen atoms in total. The van der Waals surface area contributed by atoms with E-state index in [0.717, 1.165) is 24.4 Å². The predicted octanol–water partition coefficient (Wildman–Crippen LogP) is 0.0534. The van der Waals surface area contributed by atoms with Gasteiger partial charge in [-0.2, -0.15) is 0 Å². The lowest BCUT2D eigenvalue weighted by atomic mass is 10.0. The topological polar surface area (TPSA) is 64.1 Å². The van der Waals surface area contributed by atoms with E-state index in [1.165, 1.54) is 0 Å². The summed E-state index contributed by atoms with van der Waals surface area (Å²) in [5, 5.41) is 3.27. The number of nitrogens with two attached hydrogens (primary N) is 2. The minimum Gasteiger partial charge on any atom is -0.402 e. The second-order valence-corrected chi connectivity index (χ2v) is 2.75. The van der Waals surface area contributed by atoms with Crippen LogP contribution in [0.1, 0.15) is 13.3 Å². The zero-order valence-electron chi connectivity index (χ0n) is 6.80. The van der Waals surface area contributed by atoms with Crippen molar-refractivity contribution >= 4 is 0 Å². The van der Waals surface area contributed by atoms with Crippen LogP contribution in [0, 0.1) is 0 Å². The van der Waals surface area contributed by atoms with Gasteiger partial charge >= 0.3 is 0 Å². The predicted molar refractivity (Wildman–Crippen MR) is 46.6 cm³/mol. The van der Waals surface area contributed by atoms with Crippen LogP contribution in [-0.4, -0.2) is 12.6 Å². The SMILES string of the molecule is CCNC1C=C(N)C=C(N)C1. The van der Waals surface area contributed by atoms with E-state index in [2.05, 4.69) is 12.2 Å². The lowest BCUT2D eigenvalue weighted by molar-refractivity contribution is 0.598. The van der Waals surface area contributed by atoms with Crippen molar-refractivity contribution in [2.75, 3.05) is 6.54 Å². The molecule has 5 N–H and O–H groups in total. The van der Waals surface area contributed by atoms with Crippen LogP contribution < -0.4 is 16.8 Å². The molecule has 0 aromatic rings. The van der Waals surface area contributed by atoms with Gasteiger partial charge < -0.3 is 16.8 Å². The third kappa shape index (κ3) is 2.27. The summed E-state index contributed by atoms with van der Waals surface area (Å²) in [6.07, 6.45) is 4.68. The van der Waals surface area contributed by atoms with E-state index in [1.54, 1.807) is 0 Å². The zero-order valence-corrected chi connectivity index (χ0v) is 6.80. The van der Waals surface area contributed by atoms with Gasteiger partial charge in [0.1, 0.15) is 0 Å². The summed E-state index contributed by atoms with van der Waals surface area (Å²) in [4.78, 5) is 0. The van der Waals surface area contributed by atoms with Crippen molar-refractivity contribution in [2.24, 2.45) is 11.5 Å². The molecule has 0 aromatic carbocycles. The van der Waals surface area contributed by atoms with Gasteiger partial charge in [-0.15, -0.1) is 0 Å². The number of rotatable bonds is 2. The summed E-state index contributed by atoms with van der Waals surface area (Å²) in [6.45, 7) is 3.01. The lowest BCUT2D eigenvalue weighted by Gasteiger charge is -2.18. The van der Waals surface area contributed by atoms with Gasteiger partial charge in [0.25, 0.3) is 0 Å². The molecule has 0 saturated heterocycles. The highest BCUT2D eigenvalue weighted by atomic mass is 14.9. The van der Waals surface area contributed by atoms with E-state index < -0.39 is 0 Å². The fourth-order valence-electron chi connectivity index (χ4n) is 1.26. The van der Waals surface area contributed by atoms with Crippen molar-refractivity contribution in [1.29, 1.82) is 0 Å². The number of nitrogens with one attached hydrogen (secondary N) is 1. The molecule has 3 heteroatoms. The minimum absolute atomic E-state index is 0.324. The molecule has 0 heterocycles. The zero-order chi connectivity index (χ0) is 8.27. The third-order valence-electron chi connectivity index (χ3n) is 1.67. The second kappa shape index (κ2) is 3.44. The summed E-state index contributed by atoms with van der Waals surface area (Å²) in [5.74, 6) is 0. The number of allylic oxidation sites excluding steroid dienone is 1. The van der Waals surface area contributed by atoms with Gasteiger partial charge in [-0.25, -0.2) is 0 Å². The molecule has 0 aliphatic heterocycles. The second-order valence-electron chi connectivity index (χ2n) is 2.75. The highest BCUT2D eigenvalue weighted by Gasteiger charge is 2.09. The first kappa shape index (κ1) is 8.14. The van der Waals surface area contributed by atoms with Crippen molar-refractivity contribution in [2.45, 2.75) is 19.4 Å². The Kier molecular flexibility index (Phi) is 2.54. The van der Waals surface area contributed by atoms with Gasteiger partial charge in [-0.1, -0.05) is 6.92 Å². The fraction of sp³-hybridized carbons (Fsp3) is 0.500. The van der Waals surface area contributed by atoms with Crippen LogP contribution in [0.15, 0.2) is 23.5 Å². The molecule has 1 aliphatic rings. The van der Waals surface area contributed by atoms with Crippen LogP contribution in [0.4, 0.5) is 0 Å². The van der Waals surface area contributed by atoms with Gasteiger partial charge in [-0.05, 0) is 18.7 Å². The molecule has 0 aromatic heterocycles. The maximum absolute atomic E-state index is 5.65. The molecule has 0 fully saturated rings. The van der Waals surface area contributed by atoms with Gasteiger partial charge in [0.15, 0.2) is 0 Å². The van der Waals surface area contributed by atoms with E-state index in [9.17, 15) is 0 Å². The lowest BCUT2D eigenvalue weighted by Crippen LogP contribution is -2.31. The average molecular weight is 153 g/mol. The first-order valence-electron chi connectivity index (χ1n) is 3.89. The Hall–Kier alpha value is -0.960. The normalized spacial score (nSPS) is 24.3. The summed E-state index contributed by atoms with van der Waals surface area (Å²) < 4.78 is 0. The molecular formula is C8H15N3. The largest absolute Gasteiger partial charge is 0.402 e. The Balaban J connectivity index is 2.56. The Morgan fingerprint density at radius 1 is 1.64 bits per heavy atom. The molecule has 1 unspecified atom stereocenters. The van der Waals surface area contributed by atoms with Crippen LogP contribution >= 0.6 is 0 Å². The molecule has 0 amide bonds. The van der Waals surface area contributed by atoms with Crippen LogP contribution in [0.2, 0.25) is 0 Å². The monoisotopic (exact) mass is 153 g/mol. The minimum atomic E-state index is 0.324. The van der Waals surface area contributed by atoms with E-state index >= 15 is 0 Å². The first-order valence-corrected chi connectivity index (χ1v) is 3.89. The third-order valence-corrected chi connectivity index (χ3v) is 1.67. The van der Waals surface area contributed by atoms with Gasteiger partial charge in [0.2, 0.25) is 0 Å². The number of hydrogen-bond acceptors (Lipinski definition) is 3. The van der Waals surface area contributed by atoms with Crippen LogP contribution in [-0.2, 0) is 0 Å². The summed E-state index contributed by atoms with van der Waals surface area (Å²) in [7, 11) is 0. The van der Waals surface area contributed by atoms with Crippen molar-refractivity contribution < 1.29 is 0 Å². The quantitative estimate of drug-likeness (QED) is 0.525. The molecule has 11 heavy (non-hydrogen) atoms. The van der Waals surface area contributed by atoms with Crippen LogP contribution in [0.3, 0.4) is 0 Å². The van der Waals surface area contributed by atoms with E-state index in [1.807, 2.05) is 12.2 Å². The fourth-order valence-corrected chi connectivity index (χ4v) is 1.26. The summed E-state index contributed by atoms with van der Waals surface area (Å²) >= 11 is 0. The van der Waals surface area contributed by atoms with Gasteiger partial charge in [0.05, 0.1) is 0 Å². The maximum atomic E-state index is 5.65. The Morgan fingerprint density at radius 2 is 2.36 bits per heavy atom. The van der Waals surface area contributed by atoms with Crippen LogP contribution in [0.25, 0.3) is 0 Å². The molecule has 1 aliphatic carbocycles. The first-order chi connectivity index (χ1) is 5.22. The number of likely N-dealkylation sites (N-methyl/N-ethyl adjacent to an activating group) is 1. The smallest absolute Gasteiger partial charge is 0.0327 e. The van der Waals surface area contributed by atoms with Gasteiger partial charge in [-0.3, -0.25) is 0 Å². The molecule has 1 atom stereocenters. The van der Waals surface area contributed by atoms with Crippen molar-refractivity contribution in [1.82, 2.24) is 5.32 Å². The van der Waals surface area contributed by atoms with E-state index in [4.69, 9.17) is 11.5 Å². The highest BCUT2D eigenvalue weighted by molar-refractivity contribution is 5.27. The molecular weight excluding hydrogens is 138 g/mol. The maximum Gasteiger partial charge on any atom is 0.0327 e. The highest BCUT2D eigenvalue weighted by Crippen LogP contribution is 2.10. The molecule has 0 spiro atoms. The Bertz CT molecular complexity index is 194. The Labute approximate surface area is 67.1 Å². The van der Waals surface area contributed by atoms with Gasteiger partial charge in [0, 0.05) is 23.9 Å². The van der Waals surface area contributed by atoms with Crippen molar-refractivity contribution in [3.8, 4) is 0 Å². The molecule has 0 bridgehead atoms. The van der Waals surface area contributed by atoms with E-state index in [-0.39, 0.29) is 0 Å². The van der Waals surface area contributed by atoms with E-state index in [0.29, 0.717) is 6.04 Å². The molecule has 0 radical (unpaired) electrons. The standard InChI is InChI=1S/C8H15N3/c1-2-11-8-4-6(9)3-7(10)5-8/h3-4,8,11H,2,5,9-10H2,1H3. The summed E-state index contributed by atoms with van der Waals surface area (Å²) in [6, 6.07) is 0.324.